The molecule has 0 amide bonds. The molecule has 0 aromatic carbocycles. The van der Waals surface area contributed by atoms with Gasteiger partial charge in [-0.1, -0.05) is 6.08 Å². The van der Waals surface area contributed by atoms with E-state index in [0.717, 1.165) is 17.8 Å². The first-order valence-electron chi connectivity index (χ1n) is 5.87. The Kier molecular flexibility index (Phi) is 3.10. The number of aryl methyl sites for hydroxylation is 2. The van der Waals surface area contributed by atoms with Gasteiger partial charge in [-0.3, -0.25) is 4.98 Å². The average molecular weight is 217 g/mol. The largest absolute Gasteiger partial charge is 0.371 e. The molecule has 0 fully saturated rings. The van der Waals surface area contributed by atoms with Crippen molar-refractivity contribution in [1.29, 1.82) is 0 Å². The highest BCUT2D eigenvalue weighted by atomic mass is 16.5. The van der Waals surface area contributed by atoms with Crippen LogP contribution in [-0.4, -0.2) is 17.2 Å². The van der Waals surface area contributed by atoms with Crippen molar-refractivity contribution in [3.63, 3.8) is 0 Å². The number of hydrogen-bond donors (Lipinski definition) is 0. The maximum atomic E-state index is 5.82. The number of hydrogen-bond acceptors (Lipinski definition) is 2. The Morgan fingerprint density at radius 3 is 2.81 bits per heavy atom. The van der Waals surface area contributed by atoms with Gasteiger partial charge in [-0.25, -0.2) is 0 Å². The molecule has 86 valence electrons. The lowest BCUT2D eigenvalue weighted by atomic mass is 9.95. The first-order valence-corrected chi connectivity index (χ1v) is 5.87. The Morgan fingerprint density at radius 2 is 2.12 bits per heavy atom. The summed E-state index contributed by atoms with van der Waals surface area (Å²) in [6.07, 6.45) is 5.63. The van der Waals surface area contributed by atoms with E-state index in [-0.39, 0.29) is 12.2 Å². The molecule has 2 nitrogen and oxygen atoms in total. The first-order chi connectivity index (χ1) is 7.56. The smallest absolute Gasteiger partial charge is 0.0804 e. The van der Waals surface area contributed by atoms with Gasteiger partial charge in [0.15, 0.2) is 0 Å². The van der Waals surface area contributed by atoms with Crippen molar-refractivity contribution in [2.75, 3.05) is 0 Å². The summed E-state index contributed by atoms with van der Waals surface area (Å²) in [6.45, 7) is 8.34. The molecule has 0 radical (unpaired) electrons. The van der Waals surface area contributed by atoms with Gasteiger partial charge in [0.25, 0.3) is 0 Å². The molecule has 1 aliphatic carbocycles. The normalized spacial score (nSPS) is 18.9. The van der Waals surface area contributed by atoms with Gasteiger partial charge in [0, 0.05) is 12.1 Å². The fraction of sp³-hybridized carbons (Fsp3) is 0.500. The second kappa shape index (κ2) is 4.38. The summed E-state index contributed by atoms with van der Waals surface area (Å²) in [5.74, 6) is 0. The van der Waals surface area contributed by atoms with Crippen molar-refractivity contribution in [2.45, 2.75) is 46.3 Å². The van der Waals surface area contributed by atoms with E-state index < -0.39 is 0 Å². The van der Waals surface area contributed by atoms with Gasteiger partial charge < -0.3 is 4.74 Å². The van der Waals surface area contributed by atoms with E-state index in [1.807, 2.05) is 6.92 Å². The quantitative estimate of drug-likeness (QED) is 0.759. The van der Waals surface area contributed by atoms with Crippen molar-refractivity contribution in [3.05, 3.63) is 34.7 Å². The van der Waals surface area contributed by atoms with E-state index in [9.17, 15) is 0 Å². The van der Waals surface area contributed by atoms with E-state index in [4.69, 9.17) is 4.74 Å². The number of ether oxygens (including phenoxy) is 1. The lowest BCUT2D eigenvalue weighted by Crippen LogP contribution is -2.22. The second-order valence-electron chi connectivity index (χ2n) is 4.73. The highest BCUT2D eigenvalue weighted by molar-refractivity contribution is 5.56. The van der Waals surface area contributed by atoms with Crippen LogP contribution in [0.25, 0.3) is 6.08 Å². The third-order valence-corrected chi connectivity index (χ3v) is 2.83. The first kappa shape index (κ1) is 11.3. The fourth-order valence-corrected chi connectivity index (χ4v) is 2.21. The summed E-state index contributed by atoms with van der Waals surface area (Å²) >= 11 is 0. The molecule has 2 rings (SSSR count). The predicted molar refractivity (Wildman–Crippen MR) is 66.5 cm³/mol. The van der Waals surface area contributed by atoms with E-state index in [1.54, 1.807) is 0 Å². The van der Waals surface area contributed by atoms with Crippen LogP contribution in [0.4, 0.5) is 0 Å². The zero-order chi connectivity index (χ0) is 11.7. The maximum Gasteiger partial charge on any atom is 0.0804 e. The van der Waals surface area contributed by atoms with Crippen LogP contribution >= 0.6 is 0 Å². The molecular formula is C14H19NO. The zero-order valence-corrected chi connectivity index (χ0v) is 10.4. The predicted octanol–water partition coefficient (Wildman–Crippen LogP) is 3.06. The monoisotopic (exact) mass is 217 g/mol. The SMILES string of the molecule is Cc1cc(C)c2c(n1)C=CC(OC(C)C)C2. The molecule has 1 heterocycles. The summed E-state index contributed by atoms with van der Waals surface area (Å²) in [5, 5.41) is 0. The number of pyridine rings is 1. The van der Waals surface area contributed by atoms with E-state index in [1.165, 1.54) is 11.1 Å². The van der Waals surface area contributed by atoms with Gasteiger partial charge in [0.05, 0.1) is 17.9 Å². The van der Waals surface area contributed by atoms with Crippen LogP contribution in [0.3, 0.4) is 0 Å². The molecule has 0 bridgehead atoms. The highest BCUT2D eigenvalue weighted by Crippen LogP contribution is 2.23. The molecule has 1 aromatic heterocycles. The van der Waals surface area contributed by atoms with Crippen LogP contribution in [0.2, 0.25) is 0 Å². The Hall–Kier alpha value is -1.15. The van der Waals surface area contributed by atoms with E-state index in [0.29, 0.717) is 0 Å². The molecule has 1 aliphatic rings. The third-order valence-electron chi connectivity index (χ3n) is 2.83. The average Bonchev–Trinajstić information content (AvgIpc) is 2.18. The van der Waals surface area contributed by atoms with Crippen LogP contribution in [0.1, 0.15) is 36.4 Å². The van der Waals surface area contributed by atoms with Gasteiger partial charge in [0.2, 0.25) is 0 Å². The van der Waals surface area contributed by atoms with Crippen molar-refractivity contribution < 1.29 is 4.74 Å². The van der Waals surface area contributed by atoms with Crippen LogP contribution in [0, 0.1) is 13.8 Å². The van der Waals surface area contributed by atoms with Crippen molar-refractivity contribution in [3.8, 4) is 0 Å². The molecule has 0 spiro atoms. The van der Waals surface area contributed by atoms with Crippen molar-refractivity contribution >= 4 is 6.08 Å². The summed E-state index contributed by atoms with van der Waals surface area (Å²) in [5.41, 5.74) is 4.85. The van der Waals surface area contributed by atoms with Gasteiger partial charge in [0.1, 0.15) is 0 Å². The van der Waals surface area contributed by atoms with Crippen LogP contribution in [0.15, 0.2) is 12.1 Å². The second-order valence-corrected chi connectivity index (χ2v) is 4.73. The van der Waals surface area contributed by atoms with Crippen LogP contribution in [-0.2, 0) is 11.2 Å². The van der Waals surface area contributed by atoms with Gasteiger partial charge in [-0.2, -0.15) is 0 Å². The summed E-state index contributed by atoms with van der Waals surface area (Å²) in [6, 6.07) is 2.14. The summed E-state index contributed by atoms with van der Waals surface area (Å²) in [7, 11) is 0. The Bertz CT molecular complexity index is 421. The topological polar surface area (TPSA) is 22.1 Å². The molecule has 1 atom stereocenters. The Morgan fingerprint density at radius 1 is 1.38 bits per heavy atom. The fourth-order valence-electron chi connectivity index (χ4n) is 2.21. The minimum atomic E-state index is 0.204. The molecule has 0 N–H and O–H groups in total. The highest BCUT2D eigenvalue weighted by Gasteiger charge is 2.18. The molecule has 1 aromatic rings. The molecule has 1 unspecified atom stereocenters. The van der Waals surface area contributed by atoms with Crippen LogP contribution in [0.5, 0.6) is 0 Å². The van der Waals surface area contributed by atoms with Gasteiger partial charge >= 0.3 is 0 Å². The van der Waals surface area contributed by atoms with E-state index in [2.05, 4.69) is 44.0 Å². The van der Waals surface area contributed by atoms with Crippen LogP contribution < -0.4 is 0 Å². The molecule has 0 saturated carbocycles. The molecular weight excluding hydrogens is 198 g/mol. The molecule has 16 heavy (non-hydrogen) atoms. The minimum absolute atomic E-state index is 0.204. The Labute approximate surface area is 97.4 Å². The lowest BCUT2D eigenvalue weighted by molar-refractivity contribution is 0.0356. The van der Waals surface area contributed by atoms with Crippen molar-refractivity contribution in [1.82, 2.24) is 4.98 Å². The molecule has 2 heteroatoms. The number of rotatable bonds is 2. The summed E-state index contributed by atoms with van der Waals surface area (Å²) in [4.78, 5) is 4.55. The number of fused-ring (bicyclic) bond motifs is 1. The molecule has 0 aliphatic heterocycles. The minimum Gasteiger partial charge on any atom is -0.371 e. The van der Waals surface area contributed by atoms with Gasteiger partial charge in [-0.05, 0) is 51.0 Å². The standard InChI is InChI=1S/C14H19NO/c1-9(2)16-12-5-6-14-13(8-12)10(3)7-11(4)15-14/h5-7,9,12H,8H2,1-4H3. The number of nitrogens with zero attached hydrogens (tertiary/aromatic N) is 1. The van der Waals surface area contributed by atoms with Crippen molar-refractivity contribution in [2.24, 2.45) is 0 Å². The maximum absolute atomic E-state index is 5.82. The third kappa shape index (κ3) is 2.33. The zero-order valence-electron chi connectivity index (χ0n) is 10.4. The molecule has 0 saturated heterocycles. The summed E-state index contributed by atoms with van der Waals surface area (Å²) < 4.78 is 5.82. The van der Waals surface area contributed by atoms with Gasteiger partial charge in [-0.15, -0.1) is 0 Å². The number of aromatic nitrogens is 1. The Balaban J connectivity index is 2.27. The van der Waals surface area contributed by atoms with E-state index >= 15 is 0 Å². The lowest BCUT2D eigenvalue weighted by Gasteiger charge is -2.23.